The van der Waals surface area contributed by atoms with Gasteiger partial charge in [-0.05, 0) is 37.3 Å². The number of furan rings is 1. The van der Waals surface area contributed by atoms with Gasteiger partial charge in [-0.3, -0.25) is 34.3 Å². The van der Waals surface area contributed by atoms with Gasteiger partial charge < -0.3 is 4.42 Å². The monoisotopic (exact) mass is 405 g/mol. The van der Waals surface area contributed by atoms with E-state index in [1.54, 1.807) is 30.3 Å². The lowest BCUT2D eigenvalue weighted by Crippen LogP contribution is -2.44. The number of carbonyl (C=O) groups is 3. The van der Waals surface area contributed by atoms with Gasteiger partial charge in [-0.15, -0.1) is 0 Å². The van der Waals surface area contributed by atoms with Crippen molar-refractivity contribution >= 4 is 29.1 Å². The van der Waals surface area contributed by atoms with Crippen LogP contribution in [0.5, 0.6) is 0 Å². The van der Waals surface area contributed by atoms with Crippen LogP contribution in [-0.2, 0) is 0 Å². The fourth-order valence-electron chi connectivity index (χ4n) is 3.18. The maximum atomic E-state index is 13.0. The van der Waals surface area contributed by atoms with E-state index in [0.29, 0.717) is 5.69 Å². The summed E-state index contributed by atoms with van der Waals surface area (Å²) >= 11 is 0. The Bertz CT molecular complexity index is 1170. The highest BCUT2D eigenvalue weighted by Crippen LogP contribution is 2.28. The molecular weight excluding hydrogens is 390 g/mol. The minimum atomic E-state index is -0.706. The Kier molecular flexibility index (Phi) is 4.63. The van der Waals surface area contributed by atoms with Crippen LogP contribution >= 0.6 is 0 Å². The van der Waals surface area contributed by atoms with Gasteiger partial charge >= 0.3 is 0 Å². The van der Waals surface area contributed by atoms with Crippen LogP contribution in [0.4, 0.5) is 11.4 Å². The Balaban J connectivity index is 1.70. The van der Waals surface area contributed by atoms with Crippen LogP contribution in [0.25, 0.3) is 0 Å². The number of aryl methyl sites for hydroxylation is 1. The molecule has 0 N–H and O–H groups in total. The summed E-state index contributed by atoms with van der Waals surface area (Å²) in [7, 11) is 0. The molecule has 1 aliphatic heterocycles. The van der Waals surface area contributed by atoms with Crippen molar-refractivity contribution in [1.82, 2.24) is 4.90 Å². The second-order valence-electron chi connectivity index (χ2n) is 6.71. The van der Waals surface area contributed by atoms with Gasteiger partial charge in [0, 0.05) is 17.8 Å². The molecule has 2 aromatic carbocycles. The van der Waals surface area contributed by atoms with E-state index in [-0.39, 0.29) is 29.2 Å². The van der Waals surface area contributed by atoms with Gasteiger partial charge in [0.25, 0.3) is 23.4 Å². The summed E-state index contributed by atoms with van der Waals surface area (Å²) in [4.78, 5) is 51.1. The Morgan fingerprint density at radius 3 is 2.40 bits per heavy atom. The number of hydrogen-bond acceptors (Lipinski definition) is 6. The molecule has 0 saturated heterocycles. The highest BCUT2D eigenvalue weighted by Gasteiger charge is 2.39. The first-order chi connectivity index (χ1) is 14.4. The highest BCUT2D eigenvalue weighted by atomic mass is 16.6. The largest absolute Gasteiger partial charge is 0.459 e. The van der Waals surface area contributed by atoms with E-state index in [9.17, 15) is 24.5 Å². The first-order valence-electron chi connectivity index (χ1n) is 8.93. The summed E-state index contributed by atoms with van der Waals surface area (Å²) in [6.07, 6.45) is 1.35. The minimum absolute atomic E-state index is 0.0443. The molecule has 0 fully saturated rings. The van der Waals surface area contributed by atoms with Crippen LogP contribution in [0, 0.1) is 17.0 Å². The number of nitro benzene ring substituents is 1. The number of amides is 3. The predicted molar refractivity (Wildman–Crippen MR) is 105 cm³/mol. The summed E-state index contributed by atoms with van der Waals surface area (Å²) in [5, 5.41) is 11.0. The lowest BCUT2D eigenvalue weighted by molar-refractivity contribution is -0.384. The molecule has 2 heterocycles. The van der Waals surface area contributed by atoms with E-state index in [1.165, 1.54) is 29.4 Å². The Morgan fingerprint density at radius 2 is 1.77 bits per heavy atom. The van der Waals surface area contributed by atoms with Gasteiger partial charge in [0.1, 0.15) is 6.67 Å². The lowest BCUT2D eigenvalue weighted by atomic mass is 10.1. The molecule has 150 valence electrons. The first-order valence-corrected chi connectivity index (χ1v) is 8.93. The van der Waals surface area contributed by atoms with Gasteiger partial charge in [-0.1, -0.05) is 17.7 Å². The summed E-state index contributed by atoms with van der Waals surface area (Å²) < 4.78 is 5.19. The molecule has 0 unspecified atom stereocenters. The molecule has 1 aliphatic rings. The summed E-state index contributed by atoms with van der Waals surface area (Å²) in [6.45, 7) is 1.52. The third-order valence-electron chi connectivity index (χ3n) is 4.77. The second kappa shape index (κ2) is 7.28. The molecule has 0 spiro atoms. The van der Waals surface area contributed by atoms with Crippen LogP contribution in [0.2, 0.25) is 0 Å². The van der Waals surface area contributed by atoms with E-state index >= 15 is 0 Å². The number of nitro groups is 1. The molecule has 0 radical (unpaired) electrons. The van der Waals surface area contributed by atoms with E-state index in [2.05, 4.69) is 0 Å². The molecule has 9 nitrogen and oxygen atoms in total. The molecule has 0 saturated carbocycles. The smallest absolute Gasteiger partial charge is 0.295 e. The summed E-state index contributed by atoms with van der Waals surface area (Å²) in [5.74, 6) is -1.83. The topological polar surface area (TPSA) is 114 Å². The predicted octanol–water partition coefficient (Wildman–Crippen LogP) is 3.40. The standard InChI is InChI=1S/C21H15N3O6/c1-13-4-6-14(7-5-13)22(21(27)18-3-2-10-30-18)12-23-19(25)16-9-8-15(24(28)29)11-17(16)20(23)26/h2-11H,12H2,1H3. The molecule has 30 heavy (non-hydrogen) atoms. The van der Waals surface area contributed by atoms with Crippen molar-refractivity contribution in [3.8, 4) is 0 Å². The van der Waals surface area contributed by atoms with Crippen LogP contribution in [-0.4, -0.2) is 34.2 Å². The number of hydrogen-bond donors (Lipinski definition) is 0. The van der Waals surface area contributed by atoms with Crippen molar-refractivity contribution in [2.75, 3.05) is 11.6 Å². The third-order valence-corrected chi connectivity index (χ3v) is 4.77. The molecule has 0 bridgehead atoms. The highest BCUT2D eigenvalue weighted by molar-refractivity contribution is 6.22. The number of rotatable bonds is 5. The average molecular weight is 405 g/mol. The molecule has 3 aromatic rings. The molecule has 9 heteroatoms. The third kappa shape index (κ3) is 3.22. The zero-order valence-corrected chi connectivity index (χ0v) is 15.8. The van der Waals surface area contributed by atoms with Crippen LogP contribution in [0.3, 0.4) is 0 Å². The van der Waals surface area contributed by atoms with Crippen molar-refractivity contribution in [1.29, 1.82) is 0 Å². The lowest BCUT2D eigenvalue weighted by Gasteiger charge is -2.26. The van der Waals surface area contributed by atoms with E-state index in [0.717, 1.165) is 16.5 Å². The fourth-order valence-corrected chi connectivity index (χ4v) is 3.18. The first kappa shape index (κ1) is 19.1. The van der Waals surface area contributed by atoms with Crippen molar-refractivity contribution in [3.63, 3.8) is 0 Å². The van der Waals surface area contributed by atoms with Gasteiger partial charge in [-0.2, -0.15) is 0 Å². The molecule has 0 atom stereocenters. The normalized spacial score (nSPS) is 12.8. The summed E-state index contributed by atoms with van der Waals surface area (Å²) in [5.41, 5.74) is 1.13. The van der Waals surface area contributed by atoms with Crippen molar-refractivity contribution in [2.45, 2.75) is 6.92 Å². The van der Waals surface area contributed by atoms with Crippen LogP contribution in [0.15, 0.2) is 65.3 Å². The van der Waals surface area contributed by atoms with E-state index in [4.69, 9.17) is 4.42 Å². The molecule has 4 rings (SSSR count). The van der Waals surface area contributed by atoms with Gasteiger partial charge in [0.15, 0.2) is 5.76 Å². The number of imide groups is 1. The molecule has 1 aromatic heterocycles. The number of anilines is 1. The zero-order valence-electron chi connectivity index (χ0n) is 15.8. The fraction of sp³-hybridized carbons (Fsp3) is 0.0952. The second-order valence-corrected chi connectivity index (χ2v) is 6.71. The number of fused-ring (bicyclic) bond motifs is 1. The van der Waals surface area contributed by atoms with Crippen molar-refractivity contribution in [2.24, 2.45) is 0 Å². The van der Waals surface area contributed by atoms with E-state index < -0.39 is 22.6 Å². The quantitative estimate of drug-likeness (QED) is 0.365. The number of carbonyl (C=O) groups excluding carboxylic acids is 3. The maximum Gasteiger partial charge on any atom is 0.295 e. The Hall–Kier alpha value is -4.27. The zero-order chi connectivity index (χ0) is 21.4. The van der Waals surface area contributed by atoms with Crippen molar-refractivity contribution in [3.05, 3.63) is 93.4 Å². The Labute approximate surface area is 170 Å². The molecule has 3 amide bonds. The van der Waals surface area contributed by atoms with Gasteiger partial charge in [0.05, 0.1) is 22.3 Å². The SMILES string of the molecule is Cc1ccc(N(CN2C(=O)c3ccc([N+](=O)[O-])cc3C2=O)C(=O)c2ccco2)cc1. The summed E-state index contributed by atoms with van der Waals surface area (Å²) in [6, 6.07) is 13.5. The Morgan fingerprint density at radius 1 is 1.07 bits per heavy atom. The number of benzene rings is 2. The van der Waals surface area contributed by atoms with E-state index in [1.807, 2.05) is 6.92 Å². The number of non-ortho nitro benzene ring substituents is 1. The maximum absolute atomic E-state index is 13.0. The van der Waals surface area contributed by atoms with Crippen LogP contribution < -0.4 is 4.90 Å². The van der Waals surface area contributed by atoms with Gasteiger partial charge in [-0.25, -0.2) is 0 Å². The van der Waals surface area contributed by atoms with Crippen LogP contribution in [0.1, 0.15) is 36.8 Å². The molecule has 0 aliphatic carbocycles. The molecular formula is C21H15N3O6. The average Bonchev–Trinajstić information content (AvgIpc) is 3.35. The van der Waals surface area contributed by atoms with Gasteiger partial charge in [0.2, 0.25) is 0 Å². The van der Waals surface area contributed by atoms with Crippen molar-refractivity contribution < 1.29 is 23.7 Å². The minimum Gasteiger partial charge on any atom is -0.459 e. The number of nitrogens with zero attached hydrogens (tertiary/aromatic N) is 3.